The van der Waals surface area contributed by atoms with Crippen molar-refractivity contribution in [1.82, 2.24) is 14.7 Å². The van der Waals surface area contributed by atoms with Crippen molar-refractivity contribution >= 4 is 23.2 Å². The third-order valence-electron chi connectivity index (χ3n) is 2.88. The Morgan fingerprint density at radius 1 is 1.47 bits per heavy atom. The van der Waals surface area contributed by atoms with Crippen LogP contribution in [0.3, 0.4) is 0 Å². The SMILES string of the molecule is CCc1nc2ccc(Cl)cn2c1C(=O)NCC(C)C. The lowest BCUT2D eigenvalue weighted by Gasteiger charge is -2.08. The van der Waals surface area contributed by atoms with E-state index in [0.29, 0.717) is 29.6 Å². The molecule has 1 N–H and O–H groups in total. The second kappa shape index (κ2) is 5.61. The number of amides is 1. The number of pyridine rings is 1. The average molecular weight is 280 g/mol. The van der Waals surface area contributed by atoms with Crippen LogP contribution in [0, 0.1) is 5.92 Å². The molecule has 0 radical (unpaired) electrons. The van der Waals surface area contributed by atoms with Crippen LogP contribution in [0.1, 0.15) is 37.0 Å². The zero-order valence-corrected chi connectivity index (χ0v) is 12.2. The summed E-state index contributed by atoms with van der Waals surface area (Å²) in [5.74, 6) is 0.317. The smallest absolute Gasteiger partial charge is 0.270 e. The van der Waals surface area contributed by atoms with Crippen molar-refractivity contribution in [2.45, 2.75) is 27.2 Å². The monoisotopic (exact) mass is 279 g/mol. The molecule has 0 saturated heterocycles. The van der Waals surface area contributed by atoms with Gasteiger partial charge in [0.25, 0.3) is 5.91 Å². The van der Waals surface area contributed by atoms with Crippen molar-refractivity contribution in [3.05, 3.63) is 34.7 Å². The Bertz CT molecular complexity index is 604. The number of aromatic nitrogens is 2. The van der Waals surface area contributed by atoms with Crippen LogP contribution < -0.4 is 5.32 Å². The van der Waals surface area contributed by atoms with Crippen LogP contribution in [0.15, 0.2) is 18.3 Å². The van der Waals surface area contributed by atoms with Gasteiger partial charge in [0.15, 0.2) is 0 Å². The highest BCUT2D eigenvalue weighted by Crippen LogP contribution is 2.17. The van der Waals surface area contributed by atoms with Gasteiger partial charge in [-0.25, -0.2) is 4.98 Å². The lowest BCUT2D eigenvalue weighted by atomic mass is 10.2. The molecule has 0 atom stereocenters. The van der Waals surface area contributed by atoms with Crippen LogP contribution in [0.5, 0.6) is 0 Å². The molecule has 0 aromatic carbocycles. The van der Waals surface area contributed by atoms with Crippen LogP contribution in [0.2, 0.25) is 5.02 Å². The number of halogens is 1. The zero-order valence-electron chi connectivity index (χ0n) is 11.4. The van der Waals surface area contributed by atoms with Crippen molar-refractivity contribution < 1.29 is 4.79 Å². The summed E-state index contributed by atoms with van der Waals surface area (Å²) in [6.45, 7) is 6.76. The number of imidazole rings is 1. The van der Waals surface area contributed by atoms with Gasteiger partial charge in [0.1, 0.15) is 11.3 Å². The summed E-state index contributed by atoms with van der Waals surface area (Å²) in [6.07, 6.45) is 2.44. The minimum atomic E-state index is -0.0969. The lowest BCUT2D eigenvalue weighted by molar-refractivity contribution is 0.0942. The Kier molecular flexibility index (Phi) is 4.10. The van der Waals surface area contributed by atoms with E-state index >= 15 is 0 Å². The van der Waals surface area contributed by atoms with Gasteiger partial charge in [-0.05, 0) is 24.5 Å². The van der Waals surface area contributed by atoms with Gasteiger partial charge < -0.3 is 5.32 Å². The Labute approximate surface area is 117 Å². The van der Waals surface area contributed by atoms with Gasteiger partial charge in [-0.2, -0.15) is 0 Å². The predicted octanol–water partition coefficient (Wildman–Crippen LogP) is 2.94. The van der Waals surface area contributed by atoms with E-state index in [1.54, 1.807) is 16.7 Å². The number of nitrogens with zero attached hydrogens (tertiary/aromatic N) is 2. The molecule has 2 heterocycles. The van der Waals surface area contributed by atoms with Gasteiger partial charge >= 0.3 is 0 Å². The summed E-state index contributed by atoms with van der Waals surface area (Å²) in [4.78, 5) is 16.8. The first kappa shape index (κ1) is 13.9. The molecule has 0 aliphatic heterocycles. The summed E-state index contributed by atoms with van der Waals surface area (Å²) in [7, 11) is 0. The summed E-state index contributed by atoms with van der Waals surface area (Å²) >= 11 is 5.99. The Hall–Kier alpha value is -1.55. The van der Waals surface area contributed by atoms with Crippen LogP contribution in [-0.2, 0) is 6.42 Å². The number of hydrogen-bond acceptors (Lipinski definition) is 2. The van der Waals surface area contributed by atoms with Crippen molar-refractivity contribution in [2.24, 2.45) is 5.92 Å². The molecule has 0 unspecified atom stereocenters. The third kappa shape index (κ3) is 2.89. The molecule has 1 amide bonds. The minimum absolute atomic E-state index is 0.0969. The van der Waals surface area contributed by atoms with E-state index in [1.807, 2.05) is 13.0 Å². The second-order valence-electron chi connectivity index (χ2n) is 4.94. The van der Waals surface area contributed by atoms with E-state index in [0.717, 1.165) is 11.3 Å². The van der Waals surface area contributed by atoms with E-state index in [1.165, 1.54) is 0 Å². The molecular formula is C14H18ClN3O. The topological polar surface area (TPSA) is 46.4 Å². The number of fused-ring (bicyclic) bond motifs is 1. The van der Waals surface area contributed by atoms with E-state index < -0.39 is 0 Å². The molecule has 5 heteroatoms. The highest BCUT2D eigenvalue weighted by molar-refractivity contribution is 6.30. The molecule has 102 valence electrons. The number of hydrogen-bond donors (Lipinski definition) is 1. The zero-order chi connectivity index (χ0) is 14.0. The number of carbonyl (C=O) groups excluding carboxylic acids is 1. The number of aryl methyl sites for hydroxylation is 1. The summed E-state index contributed by atoms with van der Waals surface area (Å²) in [5, 5.41) is 3.52. The fourth-order valence-corrected chi connectivity index (χ4v) is 2.10. The highest BCUT2D eigenvalue weighted by atomic mass is 35.5. The maximum atomic E-state index is 12.3. The van der Waals surface area contributed by atoms with E-state index in [4.69, 9.17) is 11.6 Å². The summed E-state index contributed by atoms with van der Waals surface area (Å²) in [5.41, 5.74) is 2.13. The first-order valence-electron chi connectivity index (χ1n) is 6.47. The predicted molar refractivity (Wildman–Crippen MR) is 76.8 cm³/mol. The molecule has 0 fully saturated rings. The number of nitrogens with one attached hydrogen (secondary N) is 1. The quantitative estimate of drug-likeness (QED) is 0.935. The second-order valence-corrected chi connectivity index (χ2v) is 5.38. The largest absolute Gasteiger partial charge is 0.350 e. The summed E-state index contributed by atoms with van der Waals surface area (Å²) in [6, 6.07) is 3.60. The maximum absolute atomic E-state index is 12.3. The fraction of sp³-hybridized carbons (Fsp3) is 0.429. The first-order chi connectivity index (χ1) is 9.02. The van der Waals surface area contributed by atoms with Crippen molar-refractivity contribution in [2.75, 3.05) is 6.54 Å². The molecule has 0 aliphatic carbocycles. The van der Waals surface area contributed by atoms with E-state index in [-0.39, 0.29) is 5.91 Å². The van der Waals surface area contributed by atoms with Gasteiger partial charge in [0, 0.05) is 12.7 Å². The van der Waals surface area contributed by atoms with Gasteiger partial charge in [0.2, 0.25) is 0 Å². The van der Waals surface area contributed by atoms with Gasteiger partial charge in [-0.15, -0.1) is 0 Å². The van der Waals surface area contributed by atoms with Crippen LogP contribution in [0.25, 0.3) is 5.65 Å². The van der Waals surface area contributed by atoms with E-state index in [2.05, 4.69) is 24.1 Å². The van der Waals surface area contributed by atoms with Gasteiger partial charge in [0.05, 0.1) is 10.7 Å². The minimum Gasteiger partial charge on any atom is -0.350 e. The molecule has 4 nitrogen and oxygen atoms in total. The van der Waals surface area contributed by atoms with Crippen molar-refractivity contribution in [3.63, 3.8) is 0 Å². The Balaban J connectivity index is 2.44. The molecule has 2 aromatic rings. The highest BCUT2D eigenvalue weighted by Gasteiger charge is 2.18. The molecule has 0 bridgehead atoms. The Morgan fingerprint density at radius 2 is 2.21 bits per heavy atom. The molecule has 0 spiro atoms. The van der Waals surface area contributed by atoms with Crippen molar-refractivity contribution in [1.29, 1.82) is 0 Å². The molecule has 19 heavy (non-hydrogen) atoms. The maximum Gasteiger partial charge on any atom is 0.270 e. The first-order valence-corrected chi connectivity index (χ1v) is 6.85. The molecule has 0 aliphatic rings. The standard InChI is InChI=1S/C14H18ClN3O/c1-4-11-13(14(19)16-7-9(2)3)18-8-10(15)5-6-12(18)17-11/h5-6,8-9H,4,7H2,1-3H3,(H,16,19). The third-order valence-corrected chi connectivity index (χ3v) is 3.10. The van der Waals surface area contributed by atoms with Gasteiger partial charge in [-0.1, -0.05) is 32.4 Å². The summed E-state index contributed by atoms with van der Waals surface area (Å²) < 4.78 is 1.76. The molecule has 2 rings (SSSR count). The van der Waals surface area contributed by atoms with Crippen LogP contribution in [-0.4, -0.2) is 21.8 Å². The Morgan fingerprint density at radius 3 is 2.84 bits per heavy atom. The molecule has 0 saturated carbocycles. The van der Waals surface area contributed by atoms with Crippen molar-refractivity contribution in [3.8, 4) is 0 Å². The van der Waals surface area contributed by atoms with E-state index in [9.17, 15) is 4.79 Å². The molecular weight excluding hydrogens is 262 g/mol. The number of rotatable bonds is 4. The fourth-order valence-electron chi connectivity index (χ4n) is 1.93. The van der Waals surface area contributed by atoms with Crippen LogP contribution in [0.4, 0.5) is 0 Å². The molecule has 2 aromatic heterocycles. The normalized spacial score (nSPS) is 11.2. The average Bonchev–Trinajstić information content (AvgIpc) is 2.73. The van der Waals surface area contributed by atoms with Crippen LogP contribution >= 0.6 is 11.6 Å². The lowest BCUT2D eigenvalue weighted by Crippen LogP contribution is -2.29. The number of carbonyl (C=O) groups is 1. The van der Waals surface area contributed by atoms with Gasteiger partial charge in [-0.3, -0.25) is 9.20 Å².